The molecule has 4 atom stereocenters. The Balaban J connectivity index is 2.19. The number of rotatable bonds is 20. The highest BCUT2D eigenvalue weighted by Gasteiger charge is 2.32. The van der Waals surface area contributed by atoms with Crippen LogP contribution in [0.25, 0.3) is 0 Å². The highest BCUT2D eigenvalue weighted by molar-refractivity contribution is 5.75. The van der Waals surface area contributed by atoms with Gasteiger partial charge < -0.3 is 9.47 Å². The summed E-state index contributed by atoms with van der Waals surface area (Å²) >= 11 is 0. The molecule has 1 fully saturated rings. The lowest BCUT2D eigenvalue weighted by molar-refractivity contribution is -0.156. The quantitative estimate of drug-likeness (QED) is 0.121. The fourth-order valence-corrected chi connectivity index (χ4v) is 5.83. The topological polar surface area (TPSA) is 52.6 Å². The van der Waals surface area contributed by atoms with Crippen molar-refractivity contribution in [3.8, 4) is 0 Å². The van der Waals surface area contributed by atoms with Crippen LogP contribution in [0.15, 0.2) is 0 Å². The van der Waals surface area contributed by atoms with Gasteiger partial charge in [-0.15, -0.1) is 0 Å². The molecule has 0 aromatic carbocycles. The number of esters is 2. The standard InChI is InChI=1S/C32H60O4/c1-7-9-11-13-15-25(3)21-27(5)23-35-31(33)29-17-19-30(20-18-29)32(34)36-24-28(6)22-26(4)16-14-12-10-8-2/h25-30H,7-24H2,1-6H3. The fourth-order valence-electron chi connectivity index (χ4n) is 5.83. The highest BCUT2D eigenvalue weighted by Crippen LogP contribution is 2.31. The SMILES string of the molecule is CCCCCCC(C)CC(C)COC(=O)C1CCC(C(=O)OCC(C)CC(C)CCCCCC)CC1. The summed E-state index contributed by atoms with van der Waals surface area (Å²) in [4.78, 5) is 25.2. The Kier molecular flexibility index (Phi) is 18.3. The molecule has 0 aromatic rings. The summed E-state index contributed by atoms with van der Waals surface area (Å²) in [6, 6.07) is 0. The molecule has 0 radical (unpaired) electrons. The first-order valence-electron chi connectivity index (χ1n) is 15.6. The predicted molar refractivity (Wildman–Crippen MR) is 151 cm³/mol. The Hall–Kier alpha value is -1.06. The van der Waals surface area contributed by atoms with E-state index in [2.05, 4.69) is 41.5 Å². The molecule has 4 unspecified atom stereocenters. The third-order valence-electron chi connectivity index (χ3n) is 8.12. The summed E-state index contributed by atoms with van der Waals surface area (Å²) in [5.41, 5.74) is 0. The van der Waals surface area contributed by atoms with Gasteiger partial charge in [0.25, 0.3) is 0 Å². The van der Waals surface area contributed by atoms with Crippen LogP contribution in [0.5, 0.6) is 0 Å². The lowest BCUT2D eigenvalue weighted by atomic mass is 9.82. The van der Waals surface area contributed by atoms with Crippen LogP contribution in [0, 0.1) is 35.5 Å². The molecule has 212 valence electrons. The van der Waals surface area contributed by atoms with Gasteiger partial charge in [0.05, 0.1) is 25.0 Å². The average molecular weight is 509 g/mol. The molecule has 0 spiro atoms. The first-order valence-corrected chi connectivity index (χ1v) is 15.6. The first-order chi connectivity index (χ1) is 17.3. The molecule has 4 nitrogen and oxygen atoms in total. The minimum Gasteiger partial charge on any atom is -0.465 e. The number of carbonyl (C=O) groups is 2. The molecule has 0 aromatic heterocycles. The van der Waals surface area contributed by atoms with Crippen LogP contribution in [0.4, 0.5) is 0 Å². The Morgan fingerprint density at radius 2 is 0.944 bits per heavy atom. The third-order valence-corrected chi connectivity index (χ3v) is 8.12. The second-order valence-electron chi connectivity index (χ2n) is 12.4. The van der Waals surface area contributed by atoms with Crippen molar-refractivity contribution < 1.29 is 19.1 Å². The van der Waals surface area contributed by atoms with E-state index in [-0.39, 0.29) is 23.8 Å². The summed E-state index contributed by atoms with van der Waals surface area (Å²) < 4.78 is 11.4. The lowest BCUT2D eigenvalue weighted by Crippen LogP contribution is -2.29. The van der Waals surface area contributed by atoms with Gasteiger partial charge in [-0.1, -0.05) is 106 Å². The molecular formula is C32H60O4. The number of hydrogen-bond acceptors (Lipinski definition) is 4. The van der Waals surface area contributed by atoms with Crippen molar-refractivity contribution >= 4 is 11.9 Å². The predicted octanol–water partition coefficient (Wildman–Crippen LogP) is 9.14. The van der Waals surface area contributed by atoms with Gasteiger partial charge >= 0.3 is 11.9 Å². The Bertz CT molecular complexity index is 517. The van der Waals surface area contributed by atoms with Gasteiger partial charge in [0.15, 0.2) is 0 Å². The van der Waals surface area contributed by atoms with Gasteiger partial charge in [0.1, 0.15) is 0 Å². The van der Waals surface area contributed by atoms with Crippen molar-refractivity contribution in [2.75, 3.05) is 13.2 Å². The summed E-state index contributed by atoms with van der Waals surface area (Å²) in [6.07, 6.45) is 18.3. The molecule has 4 heteroatoms. The number of ether oxygens (including phenoxy) is 2. The maximum atomic E-state index is 12.6. The van der Waals surface area contributed by atoms with Crippen molar-refractivity contribution in [3.05, 3.63) is 0 Å². The molecule has 1 aliphatic rings. The molecular weight excluding hydrogens is 448 g/mol. The molecule has 1 rings (SSSR count). The van der Waals surface area contributed by atoms with Crippen LogP contribution >= 0.6 is 0 Å². The Morgan fingerprint density at radius 3 is 1.28 bits per heavy atom. The van der Waals surface area contributed by atoms with Gasteiger partial charge in [-0.2, -0.15) is 0 Å². The zero-order valence-corrected chi connectivity index (χ0v) is 24.8. The summed E-state index contributed by atoms with van der Waals surface area (Å²) in [7, 11) is 0. The number of hydrogen-bond donors (Lipinski definition) is 0. The largest absolute Gasteiger partial charge is 0.465 e. The summed E-state index contributed by atoms with van der Waals surface area (Å²) in [6.45, 7) is 14.6. The molecule has 0 aliphatic heterocycles. The first kappa shape index (κ1) is 33.0. The minimum atomic E-state index is -0.0641. The van der Waals surface area contributed by atoms with E-state index in [0.717, 1.165) is 38.5 Å². The third kappa shape index (κ3) is 15.3. The van der Waals surface area contributed by atoms with Crippen LogP contribution in [-0.4, -0.2) is 25.2 Å². The van der Waals surface area contributed by atoms with Crippen LogP contribution in [0.2, 0.25) is 0 Å². The van der Waals surface area contributed by atoms with Crippen LogP contribution in [0.1, 0.15) is 144 Å². The van der Waals surface area contributed by atoms with E-state index >= 15 is 0 Å². The van der Waals surface area contributed by atoms with E-state index in [1.54, 1.807) is 0 Å². The van der Waals surface area contributed by atoms with Crippen molar-refractivity contribution in [1.82, 2.24) is 0 Å². The van der Waals surface area contributed by atoms with Crippen molar-refractivity contribution in [2.24, 2.45) is 35.5 Å². The van der Waals surface area contributed by atoms with E-state index in [1.165, 1.54) is 64.2 Å². The highest BCUT2D eigenvalue weighted by atomic mass is 16.5. The molecule has 0 heterocycles. The van der Waals surface area contributed by atoms with Gasteiger partial charge in [0.2, 0.25) is 0 Å². The molecule has 0 N–H and O–H groups in total. The maximum Gasteiger partial charge on any atom is 0.308 e. The van der Waals surface area contributed by atoms with E-state index in [1.807, 2.05) is 0 Å². The Labute approximate surface area is 224 Å². The van der Waals surface area contributed by atoms with Gasteiger partial charge in [0, 0.05) is 0 Å². The minimum absolute atomic E-state index is 0.0554. The monoisotopic (exact) mass is 508 g/mol. The van der Waals surface area contributed by atoms with E-state index in [9.17, 15) is 9.59 Å². The average Bonchev–Trinajstić information content (AvgIpc) is 2.86. The lowest BCUT2D eigenvalue weighted by Gasteiger charge is -2.27. The number of unbranched alkanes of at least 4 members (excludes halogenated alkanes) is 6. The van der Waals surface area contributed by atoms with Gasteiger partial charge in [-0.3, -0.25) is 9.59 Å². The van der Waals surface area contributed by atoms with Crippen molar-refractivity contribution in [1.29, 1.82) is 0 Å². The van der Waals surface area contributed by atoms with Gasteiger partial charge in [-0.25, -0.2) is 0 Å². The van der Waals surface area contributed by atoms with Crippen molar-refractivity contribution in [3.63, 3.8) is 0 Å². The maximum absolute atomic E-state index is 12.6. The molecule has 0 bridgehead atoms. The summed E-state index contributed by atoms with van der Waals surface area (Å²) in [5.74, 6) is 1.95. The normalized spacial score (nSPS) is 21.4. The smallest absolute Gasteiger partial charge is 0.308 e. The van der Waals surface area contributed by atoms with Crippen LogP contribution in [0.3, 0.4) is 0 Å². The molecule has 1 aliphatic carbocycles. The second kappa shape index (κ2) is 20.0. The number of carbonyl (C=O) groups excluding carboxylic acids is 2. The molecule has 36 heavy (non-hydrogen) atoms. The second-order valence-corrected chi connectivity index (χ2v) is 12.4. The Morgan fingerprint density at radius 1 is 0.583 bits per heavy atom. The van der Waals surface area contributed by atoms with Crippen LogP contribution < -0.4 is 0 Å². The molecule has 1 saturated carbocycles. The molecule has 0 amide bonds. The van der Waals surface area contributed by atoms with E-state index in [0.29, 0.717) is 36.9 Å². The van der Waals surface area contributed by atoms with Crippen molar-refractivity contribution in [2.45, 2.75) is 144 Å². The fraction of sp³-hybridized carbons (Fsp3) is 0.938. The zero-order valence-electron chi connectivity index (χ0n) is 24.8. The van der Waals surface area contributed by atoms with E-state index in [4.69, 9.17) is 9.47 Å². The molecule has 0 saturated heterocycles. The zero-order chi connectivity index (χ0) is 26.8. The van der Waals surface area contributed by atoms with E-state index < -0.39 is 0 Å². The van der Waals surface area contributed by atoms with Gasteiger partial charge in [-0.05, 0) is 62.2 Å². The summed E-state index contributed by atoms with van der Waals surface area (Å²) in [5, 5.41) is 0. The van der Waals surface area contributed by atoms with Crippen LogP contribution in [-0.2, 0) is 19.1 Å².